The zero-order valence-electron chi connectivity index (χ0n) is 47.2. The van der Waals surface area contributed by atoms with Crippen molar-refractivity contribution in [3.05, 3.63) is 272 Å². The van der Waals surface area contributed by atoms with Crippen molar-refractivity contribution in [2.24, 2.45) is 0 Å². The zero-order valence-corrected chi connectivity index (χ0v) is 47.2. The lowest BCUT2D eigenvalue weighted by molar-refractivity contribution is 0.483. The molecule has 0 N–H and O–H groups in total. The van der Waals surface area contributed by atoms with Gasteiger partial charge < -0.3 is 19.1 Å². The maximum atomic E-state index is 7.04. The van der Waals surface area contributed by atoms with Crippen LogP contribution in [-0.4, -0.2) is 20.8 Å². The van der Waals surface area contributed by atoms with Gasteiger partial charge in [-0.25, -0.2) is 4.98 Å². The lowest BCUT2D eigenvalue weighted by atomic mass is 9.81. The van der Waals surface area contributed by atoms with Gasteiger partial charge in [0.25, 0.3) is 0 Å². The number of anilines is 4. The van der Waals surface area contributed by atoms with Crippen LogP contribution in [0.15, 0.2) is 261 Å². The Labute approximate surface area is 480 Å². The third kappa shape index (κ3) is 8.97. The van der Waals surface area contributed by atoms with Crippen LogP contribution in [0.2, 0.25) is 0 Å². The Balaban J connectivity index is 0.899. The molecule has 1 aliphatic rings. The first-order chi connectivity index (χ1) is 39.9. The van der Waals surface area contributed by atoms with E-state index in [1.165, 1.54) is 44.5 Å². The van der Waals surface area contributed by atoms with E-state index in [9.17, 15) is 0 Å². The Morgan fingerprint density at radius 2 is 0.878 bits per heavy atom. The molecule has 13 aromatic rings. The number of aromatic nitrogens is 3. The fourth-order valence-corrected chi connectivity index (χ4v) is 12.1. The smallest absolute Gasteiger partial charge is 0.137 e. The average molecular weight is 1060 g/mol. The molecule has 0 amide bonds. The van der Waals surface area contributed by atoms with Crippen molar-refractivity contribution in [2.75, 3.05) is 16.5 Å². The summed E-state index contributed by atoms with van der Waals surface area (Å²) in [6.07, 6.45) is 1.95. The molecule has 1 aliphatic heterocycles. The van der Waals surface area contributed by atoms with E-state index >= 15 is 0 Å². The van der Waals surface area contributed by atoms with E-state index in [4.69, 9.17) is 9.72 Å². The summed E-state index contributed by atoms with van der Waals surface area (Å²) in [5.41, 5.74) is 21.6. The van der Waals surface area contributed by atoms with E-state index in [-0.39, 0.29) is 10.8 Å². The largest absolute Gasteiger partial charge is 0.457 e. The van der Waals surface area contributed by atoms with Gasteiger partial charge in [-0.2, -0.15) is 0 Å². The van der Waals surface area contributed by atoms with Gasteiger partial charge in [0.15, 0.2) is 0 Å². The number of ether oxygens (including phenoxy) is 1. The fourth-order valence-electron chi connectivity index (χ4n) is 12.1. The molecular formula is C76H63N5O. The molecule has 0 bridgehead atoms. The Hall–Kier alpha value is -9.91. The van der Waals surface area contributed by atoms with Crippen molar-refractivity contribution in [1.29, 1.82) is 0 Å². The van der Waals surface area contributed by atoms with Crippen LogP contribution in [-0.2, 0) is 10.8 Å². The van der Waals surface area contributed by atoms with Crippen molar-refractivity contribution >= 4 is 55.6 Å². The molecule has 10 aromatic carbocycles. The van der Waals surface area contributed by atoms with Gasteiger partial charge in [0.1, 0.15) is 24.0 Å². The molecule has 0 aliphatic carbocycles. The van der Waals surface area contributed by atoms with Crippen LogP contribution in [0, 0.1) is 0 Å². The number of pyridine rings is 1. The van der Waals surface area contributed by atoms with E-state index in [2.05, 4.69) is 315 Å². The minimum absolute atomic E-state index is 0.0750. The van der Waals surface area contributed by atoms with Crippen LogP contribution in [0.5, 0.6) is 11.5 Å². The topological polar surface area (TPSA) is 38.5 Å². The molecule has 3 aromatic heterocycles. The normalized spacial score (nSPS) is 12.7. The maximum absolute atomic E-state index is 7.04. The van der Waals surface area contributed by atoms with Crippen molar-refractivity contribution in [3.63, 3.8) is 0 Å². The summed E-state index contributed by atoms with van der Waals surface area (Å²) in [6, 6.07) is 92.2. The Morgan fingerprint density at radius 1 is 0.366 bits per heavy atom. The third-order valence-electron chi connectivity index (χ3n) is 16.3. The van der Waals surface area contributed by atoms with Gasteiger partial charge in [-0.15, -0.1) is 0 Å². The van der Waals surface area contributed by atoms with Gasteiger partial charge >= 0.3 is 0 Å². The fraction of sp³-hybridized carbons (Fsp3) is 0.118. The maximum Gasteiger partial charge on any atom is 0.137 e. The molecule has 0 spiro atoms. The van der Waals surface area contributed by atoms with Crippen molar-refractivity contribution in [1.82, 2.24) is 14.1 Å². The van der Waals surface area contributed by atoms with Gasteiger partial charge in [0.05, 0.1) is 39.1 Å². The van der Waals surface area contributed by atoms with Crippen LogP contribution in [0.3, 0.4) is 0 Å². The van der Waals surface area contributed by atoms with Gasteiger partial charge in [0, 0.05) is 51.6 Å². The number of benzene rings is 10. The number of fused-ring (bicyclic) bond motifs is 6. The van der Waals surface area contributed by atoms with Crippen LogP contribution in [0.1, 0.15) is 52.7 Å². The first-order valence-electron chi connectivity index (χ1n) is 28.5. The summed E-state index contributed by atoms with van der Waals surface area (Å²) in [5.74, 6) is 2.35. The first kappa shape index (κ1) is 50.3. The lowest BCUT2D eigenvalue weighted by Crippen LogP contribution is -2.25. The number of para-hydroxylation sites is 4. The predicted molar refractivity (Wildman–Crippen MR) is 343 cm³/mol. The minimum Gasteiger partial charge on any atom is -0.457 e. The molecule has 0 unspecified atom stereocenters. The van der Waals surface area contributed by atoms with Crippen LogP contribution >= 0.6 is 0 Å². The SMILES string of the molecule is CC(C)(C)c1ccnc(-n2c3cc(Oc4cccc(N5CN(c6c(-c7cccc(-c8ccccc8)c7)cc(C(C)(C)C)cc6-c6cccc(-c7ccccc7)c6)c6ccccc65)c4)ccc3c3c2c2ccccc2n3-c2ccccc2)c1. The van der Waals surface area contributed by atoms with E-state index in [1.807, 2.05) is 6.20 Å². The Kier molecular flexibility index (Phi) is 12.3. The molecular weight excluding hydrogens is 999 g/mol. The third-order valence-corrected chi connectivity index (χ3v) is 16.3. The molecule has 0 saturated heterocycles. The molecule has 398 valence electrons. The highest BCUT2D eigenvalue weighted by Gasteiger charge is 2.33. The molecule has 0 fully saturated rings. The second kappa shape index (κ2) is 20.0. The van der Waals surface area contributed by atoms with E-state index in [0.29, 0.717) is 6.67 Å². The van der Waals surface area contributed by atoms with Crippen molar-refractivity contribution < 1.29 is 4.74 Å². The summed E-state index contributed by atoms with van der Waals surface area (Å²) in [4.78, 5) is 10.1. The Bertz CT molecular complexity index is 4440. The summed E-state index contributed by atoms with van der Waals surface area (Å²) < 4.78 is 11.8. The number of hydrogen-bond acceptors (Lipinski definition) is 4. The zero-order chi connectivity index (χ0) is 55.7. The molecule has 6 nitrogen and oxygen atoms in total. The van der Waals surface area contributed by atoms with Gasteiger partial charge in [-0.1, -0.05) is 193 Å². The van der Waals surface area contributed by atoms with Crippen molar-refractivity contribution in [3.8, 4) is 67.5 Å². The molecule has 82 heavy (non-hydrogen) atoms. The van der Waals surface area contributed by atoms with Crippen LogP contribution in [0.25, 0.3) is 88.9 Å². The lowest BCUT2D eigenvalue weighted by Gasteiger charge is -2.30. The quantitative estimate of drug-likeness (QED) is 0.137. The van der Waals surface area contributed by atoms with Gasteiger partial charge in [-0.3, -0.25) is 4.57 Å². The second-order valence-electron chi connectivity index (χ2n) is 23.7. The summed E-state index contributed by atoms with van der Waals surface area (Å²) in [5, 5.41) is 2.27. The second-order valence-corrected chi connectivity index (χ2v) is 23.7. The molecule has 0 atom stereocenters. The number of rotatable bonds is 10. The molecule has 4 heterocycles. The predicted octanol–water partition coefficient (Wildman–Crippen LogP) is 20.4. The van der Waals surface area contributed by atoms with Gasteiger partial charge in [-0.05, 0) is 146 Å². The highest BCUT2D eigenvalue weighted by Crippen LogP contribution is 2.52. The highest BCUT2D eigenvalue weighted by atomic mass is 16.5. The number of hydrogen-bond donors (Lipinski definition) is 0. The Morgan fingerprint density at radius 3 is 1.52 bits per heavy atom. The molecule has 0 radical (unpaired) electrons. The summed E-state index contributed by atoms with van der Waals surface area (Å²) in [6.45, 7) is 14.3. The highest BCUT2D eigenvalue weighted by molar-refractivity contribution is 6.20. The summed E-state index contributed by atoms with van der Waals surface area (Å²) in [7, 11) is 0. The molecule has 6 heteroatoms. The standard InChI is InChI=1S/C76H63N5O/c1-75(2,3)57-41-42-77-71(47-57)81-70-49-62(39-40-64(70)73-74(81)63-35-16-17-36-67(63)80(73)59-31-14-9-15-32-59)82-61-34-22-33-60(48-61)78-50-79(69-38-19-18-37-68(69)78)72-65(55-29-20-27-53(43-55)51-23-10-7-11-24-51)45-58(76(4,5)6)46-66(72)56-30-21-28-54(44-56)52-25-12-8-13-26-52/h7-49H,50H2,1-6H3. The average Bonchev–Trinajstić information content (AvgIpc) is 3.23. The minimum atomic E-state index is -0.138. The van der Waals surface area contributed by atoms with Crippen LogP contribution < -0.4 is 14.5 Å². The van der Waals surface area contributed by atoms with Gasteiger partial charge in [0.2, 0.25) is 0 Å². The van der Waals surface area contributed by atoms with E-state index in [1.54, 1.807) is 0 Å². The van der Waals surface area contributed by atoms with E-state index < -0.39 is 0 Å². The van der Waals surface area contributed by atoms with Crippen molar-refractivity contribution in [2.45, 2.75) is 52.4 Å². The number of nitrogens with zero attached hydrogens (tertiary/aromatic N) is 5. The summed E-state index contributed by atoms with van der Waals surface area (Å²) >= 11 is 0. The molecule has 14 rings (SSSR count). The molecule has 0 saturated carbocycles. The monoisotopic (exact) mass is 1060 g/mol. The van der Waals surface area contributed by atoms with Crippen LogP contribution in [0.4, 0.5) is 22.7 Å². The van der Waals surface area contributed by atoms with E-state index in [0.717, 1.165) is 89.7 Å². The first-order valence-corrected chi connectivity index (χ1v) is 28.5.